The number of nitro benzene ring substituents is 3. The van der Waals surface area contributed by atoms with Crippen LogP contribution < -0.4 is 0 Å². The van der Waals surface area contributed by atoms with E-state index in [0.717, 1.165) is 30.9 Å². The van der Waals surface area contributed by atoms with E-state index in [4.69, 9.17) is 26.7 Å². The number of Topliss-reactive ketones (excluding diaryl/α,β-unsaturated/α-hetero) is 5. The van der Waals surface area contributed by atoms with Crippen LogP contribution in [0.4, 0.5) is 17.1 Å². The molecular formula is C54H70ClN5O18S. The number of sulfone groups is 1. The number of halogens is 1. The van der Waals surface area contributed by atoms with Crippen LogP contribution in [0.3, 0.4) is 0 Å². The van der Waals surface area contributed by atoms with Gasteiger partial charge in [-0.05, 0) is 114 Å². The Balaban J connectivity index is 0. The van der Waals surface area contributed by atoms with Gasteiger partial charge in [-0.15, -0.1) is 0 Å². The molecule has 3 aromatic rings. The summed E-state index contributed by atoms with van der Waals surface area (Å²) < 4.78 is 27.4. The Morgan fingerprint density at radius 2 is 1.15 bits per heavy atom. The van der Waals surface area contributed by atoms with E-state index in [0.29, 0.717) is 43.2 Å². The van der Waals surface area contributed by atoms with Gasteiger partial charge in [-0.1, -0.05) is 47.8 Å². The van der Waals surface area contributed by atoms with E-state index in [-0.39, 0.29) is 102 Å². The molecule has 1 N–H and O–H groups in total. The number of aryl methyl sites for hydroxylation is 2. The molecule has 3 aliphatic rings. The average Bonchev–Trinajstić information content (AvgIpc) is 3.34. The molecule has 2 fully saturated rings. The minimum absolute atomic E-state index is 0. The van der Waals surface area contributed by atoms with E-state index >= 15 is 0 Å². The highest BCUT2D eigenvalue weighted by Crippen LogP contribution is 2.29. The molecule has 0 bridgehead atoms. The Labute approximate surface area is 464 Å². The predicted octanol–water partition coefficient (Wildman–Crippen LogP) is 9.70. The van der Waals surface area contributed by atoms with Crippen molar-refractivity contribution < 1.29 is 71.4 Å². The number of aliphatic hydroxyl groups is 1. The molecule has 79 heavy (non-hydrogen) atoms. The maximum absolute atomic E-state index is 12.3. The predicted molar refractivity (Wildman–Crippen MR) is 293 cm³/mol. The number of carbonyl (C=O) groups is 8. The van der Waals surface area contributed by atoms with Crippen LogP contribution in [0.1, 0.15) is 156 Å². The Kier molecular flexibility index (Phi) is 32.6. The molecule has 0 saturated heterocycles. The molecule has 3 aliphatic carbocycles. The van der Waals surface area contributed by atoms with E-state index in [2.05, 4.69) is 25.7 Å². The largest absolute Gasteiger partial charge is 0.427 e. The van der Waals surface area contributed by atoms with Crippen molar-refractivity contribution in [3.05, 3.63) is 125 Å². The van der Waals surface area contributed by atoms with Crippen LogP contribution in [0.15, 0.2) is 71.3 Å². The van der Waals surface area contributed by atoms with Gasteiger partial charge in [-0.25, -0.2) is 13.2 Å². The fraction of sp³-hybridized carbons (Fsp3) is 0.463. The number of nitrogens with zero attached hydrogens (tertiary/aromatic N) is 5. The maximum atomic E-state index is 12.3. The van der Waals surface area contributed by atoms with E-state index in [1.54, 1.807) is 32.0 Å². The van der Waals surface area contributed by atoms with Crippen molar-refractivity contribution in [2.75, 3.05) is 25.9 Å². The molecular weight excluding hydrogens is 1070 g/mol. The smallest absolute Gasteiger partial charge is 0.350 e. The van der Waals surface area contributed by atoms with Crippen LogP contribution >= 0.6 is 11.6 Å². The van der Waals surface area contributed by atoms with Crippen LogP contribution in [-0.4, -0.2) is 111 Å². The maximum Gasteiger partial charge on any atom is 0.350 e. The summed E-state index contributed by atoms with van der Waals surface area (Å²) in [6, 6.07) is 13.1. The molecule has 0 aromatic heterocycles. The van der Waals surface area contributed by atoms with E-state index in [9.17, 15) is 77.1 Å². The molecule has 23 nitrogen and oxygen atoms in total. The third-order valence-corrected chi connectivity index (χ3v) is 12.4. The topological polar surface area (TPSA) is 357 Å². The summed E-state index contributed by atoms with van der Waals surface area (Å²) in [5.74, 6) is -2.54. The van der Waals surface area contributed by atoms with Gasteiger partial charge in [0.2, 0.25) is 0 Å². The highest BCUT2D eigenvalue weighted by molar-refractivity contribution is 7.90. The number of ether oxygens (including phenoxy) is 1. The number of allylic oxidation sites excluding steroid dienone is 2. The molecule has 6 rings (SSSR count). The van der Waals surface area contributed by atoms with E-state index in [1.807, 2.05) is 0 Å². The zero-order valence-electron chi connectivity index (χ0n) is 44.0. The van der Waals surface area contributed by atoms with Gasteiger partial charge in [-0.2, -0.15) is 5.26 Å². The van der Waals surface area contributed by atoms with Gasteiger partial charge in [-0.3, -0.25) is 63.9 Å². The lowest BCUT2D eigenvalue weighted by Gasteiger charge is -2.18. The van der Waals surface area contributed by atoms with Crippen molar-refractivity contribution >= 4 is 84.4 Å². The van der Waals surface area contributed by atoms with Gasteiger partial charge in [0.25, 0.3) is 22.3 Å². The zero-order chi connectivity index (χ0) is 59.0. The van der Waals surface area contributed by atoms with Crippen molar-refractivity contribution in [2.24, 2.45) is 5.92 Å². The fourth-order valence-electron chi connectivity index (χ4n) is 6.93. The van der Waals surface area contributed by atoms with Gasteiger partial charge < -0.3 is 14.7 Å². The highest BCUT2D eigenvalue weighted by Gasteiger charge is 2.36. The summed E-state index contributed by atoms with van der Waals surface area (Å²) in [5, 5.41) is 47.9. The number of hydrogen-bond acceptors (Lipinski definition) is 20. The van der Waals surface area contributed by atoms with Crippen molar-refractivity contribution in [3.63, 3.8) is 0 Å². The quantitative estimate of drug-likeness (QED) is 0.0335. The van der Waals surface area contributed by atoms with Crippen LogP contribution in [0, 0.1) is 61.4 Å². The minimum atomic E-state index is -3.56. The van der Waals surface area contributed by atoms with Crippen LogP contribution in [0.25, 0.3) is 0 Å². The summed E-state index contributed by atoms with van der Waals surface area (Å²) in [4.78, 5) is 123. The standard InChI is InChI=1S/2C14H13NO5.C8H6ClNO5S.C6H15N.C6H8O2.C4H7NO.2CH4/c1-8-2-4-10(12(6-8)15(19)20)14(18)11-5-3-9(16)7-13(11)17;1-9-5-6-12(13(7-9)15(18)19)14(17)20-11-4-2-3-10(16)8-11;1-16(14,15)5-2-3-6(8(9)11)7(4-5)10(12)13;1-4-7(5-2)6-3;7-5-2-1-3-6(8)4-5;1-4(2,6)3-5;;/h2,4,6,11H,3,5,7H2,1H3;5-8H,2-4H2,1H3;2-4H,1H3;4-6H2,1-3H3;1-4H2;6H,1-2H3;2*1H4. The minimum Gasteiger partial charge on any atom is -0.427 e. The molecule has 0 amide bonds. The molecule has 0 aliphatic heterocycles. The number of esters is 1. The third kappa shape index (κ3) is 26.5. The molecule has 1 unspecified atom stereocenters. The summed E-state index contributed by atoms with van der Waals surface area (Å²) in [6.45, 7) is 16.4. The summed E-state index contributed by atoms with van der Waals surface area (Å²) >= 11 is 5.13. The molecule has 0 spiro atoms. The normalized spacial score (nSPS) is 14.6. The summed E-state index contributed by atoms with van der Waals surface area (Å²) in [7, 11) is -3.56. The zero-order valence-corrected chi connectivity index (χ0v) is 45.5. The number of ketones is 6. The molecule has 0 heterocycles. The van der Waals surface area contributed by atoms with Crippen molar-refractivity contribution in [1.29, 1.82) is 5.26 Å². The first-order chi connectivity index (χ1) is 35.8. The Hall–Kier alpha value is -7.59. The van der Waals surface area contributed by atoms with Crippen molar-refractivity contribution in [1.82, 2.24) is 4.90 Å². The lowest BCUT2D eigenvalue weighted by molar-refractivity contribution is -0.385. The van der Waals surface area contributed by atoms with Gasteiger partial charge >= 0.3 is 5.97 Å². The second-order valence-corrected chi connectivity index (χ2v) is 20.3. The molecule has 3 aromatic carbocycles. The van der Waals surface area contributed by atoms with Crippen molar-refractivity contribution in [3.8, 4) is 6.07 Å². The highest BCUT2D eigenvalue weighted by atomic mass is 35.5. The molecule has 2 saturated carbocycles. The van der Waals surface area contributed by atoms with Crippen LogP contribution in [-0.2, 0) is 38.5 Å². The Bertz CT molecular complexity index is 2900. The number of rotatable bonds is 12. The van der Waals surface area contributed by atoms with Gasteiger partial charge in [0, 0.05) is 62.6 Å². The van der Waals surface area contributed by atoms with E-state index in [1.165, 1.54) is 63.8 Å². The van der Waals surface area contributed by atoms with Crippen molar-refractivity contribution in [2.45, 2.75) is 138 Å². The van der Waals surface area contributed by atoms with Gasteiger partial charge in [0.05, 0.1) is 50.1 Å². The summed E-state index contributed by atoms with van der Waals surface area (Å²) in [5.41, 5.74) is -1.52. The van der Waals surface area contributed by atoms with Crippen LogP contribution in [0.2, 0.25) is 0 Å². The number of hydrogen-bond donors (Lipinski definition) is 1. The second kappa shape index (κ2) is 35.0. The molecule has 1 atom stereocenters. The lowest BCUT2D eigenvalue weighted by Crippen LogP contribution is -2.31. The number of benzene rings is 3. The molecule has 0 radical (unpaired) electrons. The van der Waals surface area contributed by atoms with E-state index < -0.39 is 64.6 Å². The number of carbonyl (C=O) groups excluding carboxylic acids is 8. The second-order valence-electron chi connectivity index (χ2n) is 17.9. The average molecular weight is 1140 g/mol. The first kappa shape index (κ1) is 73.5. The Morgan fingerprint density at radius 1 is 0.722 bits per heavy atom. The number of nitriles is 1. The fourth-order valence-corrected chi connectivity index (χ4v) is 7.73. The third-order valence-electron chi connectivity index (χ3n) is 11.1. The number of nitro groups is 3. The first-order valence-corrected chi connectivity index (χ1v) is 26.2. The van der Waals surface area contributed by atoms with Crippen LogP contribution in [0.5, 0.6) is 0 Å². The Morgan fingerprint density at radius 3 is 1.53 bits per heavy atom. The lowest BCUT2D eigenvalue weighted by atomic mass is 9.82. The monoisotopic (exact) mass is 1140 g/mol. The van der Waals surface area contributed by atoms with Gasteiger partial charge in [0.15, 0.2) is 27.2 Å². The van der Waals surface area contributed by atoms with Gasteiger partial charge in [0.1, 0.15) is 39.8 Å². The first-order valence-electron chi connectivity index (χ1n) is 23.9. The molecule has 25 heteroatoms. The molecule has 432 valence electrons. The SMILES string of the molecule is C.C.CC(C)(O)C#N.CCN(CC)CC.CS(=O)(=O)c1ccc(C(=O)Cl)c([N+](=O)[O-])c1.Cc1ccc(C(=O)C2CCC(=O)CC2=O)c([N+](=O)[O-])c1.Cc1ccc(C(=O)OC2=CC(=O)CCC2)c([N+](=O)[O-])c1.O=C1CCCC(=O)C1. The summed E-state index contributed by atoms with van der Waals surface area (Å²) in [6.07, 6.45) is 5.99.